The molecule has 0 aliphatic rings. The fourth-order valence-electron chi connectivity index (χ4n) is 1.82. The van der Waals surface area contributed by atoms with Crippen LogP contribution in [0.3, 0.4) is 0 Å². The number of nitrogens with two attached hydrogens (primary N) is 1. The summed E-state index contributed by atoms with van der Waals surface area (Å²) in [6.45, 7) is 0.508. The van der Waals surface area contributed by atoms with Gasteiger partial charge in [0.05, 0.1) is 5.56 Å². The molecule has 0 saturated heterocycles. The number of halogens is 3. The van der Waals surface area contributed by atoms with Gasteiger partial charge in [0.1, 0.15) is 12.4 Å². The Labute approximate surface area is 120 Å². The maximum atomic E-state index is 12.9. The van der Waals surface area contributed by atoms with Crippen LogP contribution < -0.4 is 15.8 Å². The van der Waals surface area contributed by atoms with Crippen LogP contribution in [0.2, 0.25) is 0 Å². The third kappa shape index (κ3) is 4.30. The van der Waals surface area contributed by atoms with Crippen molar-refractivity contribution < 1.29 is 17.9 Å². The van der Waals surface area contributed by atoms with Crippen LogP contribution >= 0.6 is 0 Å². The molecule has 0 aliphatic heterocycles. The van der Waals surface area contributed by atoms with E-state index in [4.69, 9.17) is 10.5 Å². The van der Waals surface area contributed by atoms with E-state index in [9.17, 15) is 13.2 Å². The molecular formula is C15H15F3N2O. The van der Waals surface area contributed by atoms with Gasteiger partial charge in [0, 0.05) is 17.9 Å². The van der Waals surface area contributed by atoms with Crippen LogP contribution in [0.5, 0.6) is 5.75 Å². The van der Waals surface area contributed by atoms with Crippen LogP contribution in [0.15, 0.2) is 48.5 Å². The summed E-state index contributed by atoms with van der Waals surface area (Å²) in [5, 5.41) is 2.72. The number of benzene rings is 2. The van der Waals surface area contributed by atoms with E-state index in [2.05, 4.69) is 5.32 Å². The van der Waals surface area contributed by atoms with Gasteiger partial charge in [-0.25, -0.2) is 0 Å². The van der Waals surface area contributed by atoms with Crippen molar-refractivity contribution >= 4 is 11.4 Å². The summed E-state index contributed by atoms with van der Waals surface area (Å²) in [5.41, 5.74) is 4.70. The minimum atomic E-state index is -4.45. The van der Waals surface area contributed by atoms with Gasteiger partial charge in [-0.2, -0.15) is 13.2 Å². The molecule has 2 aromatic carbocycles. The minimum Gasteiger partial charge on any atom is -0.492 e. The molecule has 112 valence electrons. The van der Waals surface area contributed by atoms with E-state index in [1.165, 1.54) is 12.1 Å². The van der Waals surface area contributed by atoms with Crippen molar-refractivity contribution in [3.05, 3.63) is 54.1 Å². The van der Waals surface area contributed by atoms with E-state index in [0.717, 1.165) is 6.07 Å². The standard InChI is InChI=1S/C15H15F3N2O/c16-15(17,18)13-10-11(19)6-7-14(13)20-8-9-21-12-4-2-1-3-5-12/h1-7,10,20H,8-9,19H2. The first-order valence-corrected chi connectivity index (χ1v) is 6.35. The molecule has 2 aromatic rings. The Morgan fingerprint density at radius 3 is 2.43 bits per heavy atom. The van der Waals surface area contributed by atoms with Crippen LogP contribution in [-0.2, 0) is 6.18 Å². The second-order valence-corrected chi connectivity index (χ2v) is 4.39. The number of nitrogens with one attached hydrogen (secondary N) is 1. The summed E-state index contributed by atoms with van der Waals surface area (Å²) in [6, 6.07) is 12.7. The van der Waals surface area contributed by atoms with Gasteiger partial charge >= 0.3 is 6.18 Å². The zero-order chi connectivity index (χ0) is 15.3. The molecule has 0 spiro atoms. The first-order chi connectivity index (χ1) is 9.97. The third-order valence-electron chi connectivity index (χ3n) is 2.78. The van der Waals surface area contributed by atoms with E-state index in [1.54, 1.807) is 12.1 Å². The average Bonchev–Trinajstić information content (AvgIpc) is 2.45. The molecule has 0 radical (unpaired) electrons. The molecule has 0 amide bonds. The Morgan fingerprint density at radius 1 is 1.05 bits per heavy atom. The Balaban J connectivity index is 1.94. The minimum absolute atomic E-state index is 0.00615. The van der Waals surface area contributed by atoms with Gasteiger partial charge < -0.3 is 15.8 Å². The highest BCUT2D eigenvalue weighted by Gasteiger charge is 2.33. The summed E-state index contributed by atoms with van der Waals surface area (Å²) in [7, 11) is 0. The molecule has 3 nitrogen and oxygen atoms in total. The Bertz CT molecular complexity index is 585. The van der Waals surface area contributed by atoms with Crippen LogP contribution in [0.4, 0.5) is 24.5 Å². The SMILES string of the molecule is Nc1ccc(NCCOc2ccccc2)c(C(F)(F)F)c1. The topological polar surface area (TPSA) is 47.3 Å². The van der Waals surface area contributed by atoms with Gasteiger partial charge in [0.15, 0.2) is 0 Å². The molecule has 2 rings (SSSR count). The molecule has 0 aromatic heterocycles. The molecule has 0 atom stereocenters. The lowest BCUT2D eigenvalue weighted by Crippen LogP contribution is -2.16. The van der Waals surface area contributed by atoms with Gasteiger partial charge in [-0.05, 0) is 30.3 Å². The van der Waals surface area contributed by atoms with Crippen molar-refractivity contribution in [3.8, 4) is 5.75 Å². The molecule has 0 unspecified atom stereocenters. The molecule has 0 bridgehead atoms. The van der Waals surface area contributed by atoms with Gasteiger partial charge in [0.25, 0.3) is 0 Å². The number of alkyl halides is 3. The van der Waals surface area contributed by atoms with Crippen LogP contribution in [0, 0.1) is 0 Å². The van der Waals surface area contributed by atoms with Crippen molar-refractivity contribution in [1.82, 2.24) is 0 Å². The molecule has 0 aliphatic carbocycles. The predicted molar refractivity (Wildman–Crippen MR) is 76.3 cm³/mol. The van der Waals surface area contributed by atoms with E-state index in [0.29, 0.717) is 5.75 Å². The molecule has 6 heteroatoms. The number of para-hydroxylation sites is 1. The fourth-order valence-corrected chi connectivity index (χ4v) is 1.82. The lowest BCUT2D eigenvalue weighted by atomic mass is 10.1. The van der Waals surface area contributed by atoms with Crippen molar-refractivity contribution in [3.63, 3.8) is 0 Å². The highest BCUT2D eigenvalue weighted by atomic mass is 19.4. The number of hydrogen-bond acceptors (Lipinski definition) is 3. The van der Waals surface area contributed by atoms with Gasteiger partial charge in [-0.3, -0.25) is 0 Å². The Hall–Kier alpha value is -2.37. The number of ether oxygens (including phenoxy) is 1. The van der Waals surface area contributed by atoms with E-state index < -0.39 is 11.7 Å². The summed E-state index contributed by atoms with van der Waals surface area (Å²) >= 11 is 0. The molecule has 0 heterocycles. The summed E-state index contributed by atoms with van der Waals surface area (Å²) in [4.78, 5) is 0. The summed E-state index contributed by atoms with van der Waals surface area (Å²) < 4.78 is 44.0. The van der Waals surface area contributed by atoms with Crippen molar-refractivity contribution in [2.24, 2.45) is 0 Å². The first kappa shape index (κ1) is 15.0. The van der Waals surface area contributed by atoms with Gasteiger partial charge in [-0.1, -0.05) is 18.2 Å². The average molecular weight is 296 g/mol. The molecule has 3 N–H and O–H groups in total. The lowest BCUT2D eigenvalue weighted by Gasteiger charge is -2.15. The zero-order valence-electron chi connectivity index (χ0n) is 11.2. The summed E-state index contributed by atoms with van der Waals surface area (Å²) in [6.07, 6.45) is -4.45. The smallest absolute Gasteiger partial charge is 0.418 e. The second-order valence-electron chi connectivity index (χ2n) is 4.39. The Kier molecular flexibility index (Phi) is 4.57. The number of rotatable bonds is 5. The Morgan fingerprint density at radius 2 is 1.76 bits per heavy atom. The van der Waals surface area contributed by atoms with Crippen LogP contribution in [-0.4, -0.2) is 13.2 Å². The highest BCUT2D eigenvalue weighted by molar-refractivity contribution is 5.59. The maximum Gasteiger partial charge on any atom is 0.418 e. The van der Waals surface area contributed by atoms with E-state index >= 15 is 0 Å². The van der Waals surface area contributed by atoms with E-state index in [1.807, 2.05) is 18.2 Å². The number of anilines is 2. The molecule has 0 fully saturated rings. The quantitative estimate of drug-likeness (QED) is 0.652. The van der Waals surface area contributed by atoms with Crippen molar-refractivity contribution in [2.75, 3.05) is 24.2 Å². The largest absolute Gasteiger partial charge is 0.492 e. The first-order valence-electron chi connectivity index (χ1n) is 6.35. The summed E-state index contributed by atoms with van der Waals surface area (Å²) in [5.74, 6) is 0.674. The third-order valence-corrected chi connectivity index (χ3v) is 2.78. The van der Waals surface area contributed by atoms with Gasteiger partial charge in [0.2, 0.25) is 0 Å². The maximum absolute atomic E-state index is 12.9. The predicted octanol–water partition coefficient (Wildman–Crippen LogP) is 3.78. The van der Waals surface area contributed by atoms with Crippen molar-refractivity contribution in [2.45, 2.75) is 6.18 Å². The normalized spacial score (nSPS) is 11.2. The van der Waals surface area contributed by atoms with Crippen molar-refractivity contribution in [1.29, 1.82) is 0 Å². The van der Waals surface area contributed by atoms with Gasteiger partial charge in [-0.15, -0.1) is 0 Å². The molecule has 0 saturated carbocycles. The number of hydrogen-bond donors (Lipinski definition) is 2. The van der Waals surface area contributed by atoms with Crippen LogP contribution in [0.1, 0.15) is 5.56 Å². The van der Waals surface area contributed by atoms with E-state index in [-0.39, 0.29) is 24.5 Å². The van der Waals surface area contributed by atoms with Crippen LogP contribution in [0.25, 0.3) is 0 Å². The zero-order valence-corrected chi connectivity index (χ0v) is 11.2. The number of nitrogen functional groups attached to an aromatic ring is 1. The monoisotopic (exact) mass is 296 g/mol. The highest BCUT2D eigenvalue weighted by Crippen LogP contribution is 2.35. The second kappa shape index (κ2) is 6.39. The lowest BCUT2D eigenvalue weighted by molar-refractivity contribution is -0.136. The fraction of sp³-hybridized carbons (Fsp3) is 0.200. The molecule has 21 heavy (non-hydrogen) atoms. The molecular weight excluding hydrogens is 281 g/mol.